The van der Waals surface area contributed by atoms with Crippen LogP contribution in [0.25, 0.3) is 11.1 Å². The van der Waals surface area contributed by atoms with Gasteiger partial charge < -0.3 is 14.6 Å². The molecular weight excluding hydrogens is 501 g/mol. The number of pyridine rings is 1. The highest BCUT2D eigenvalue weighted by atomic mass is 19.1. The lowest BCUT2D eigenvalue weighted by Gasteiger charge is -2.13. The molecule has 5 rings (SSSR count). The number of ether oxygens (including phenoxy) is 2. The van der Waals surface area contributed by atoms with Gasteiger partial charge in [0.1, 0.15) is 18.2 Å². The topological polar surface area (TPSA) is 87.1 Å². The summed E-state index contributed by atoms with van der Waals surface area (Å²) in [6.45, 7) is 5.60. The van der Waals surface area contributed by atoms with Crippen molar-refractivity contribution in [2.24, 2.45) is 11.8 Å². The van der Waals surface area contributed by atoms with Crippen LogP contribution < -0.4 is 9.47 Å². The Labute approximate surface area is 227 Å². The molecule has 0 bridgehead atoms. The van der Waals surface area contributed by atoms with Crippen molar-refractivity contribution in [1.29, 1.82) is 0 Å². The average molecular weight is 536 g/mol. The number of benzene rings is 2. The van der Waals surface area contributed by atoms with Crippen LogP contribution in [0.1, 0.15) is 54.5 Å². The molecule has 3 aromatic rings. The van der Waals surface area contributed by atoms with Gasteiger partial charge in [0.15, 0.2) is 0 Å². The molecule has 2 aliphatic carbocycles. The molecule has 0 saturated heterocycles. The number of nitrogens with zero attached hydrogens (tertiary/aromatic N) is 1. The zero-order valence-electron chi connectivity index (χ0n) is 22.3. The molecule has 2 aliphatic rings. The van der Waals surface area contributed by atoms with Crippen LogP contribution in [0.15, 0.2) is 48.5 Å². The van der Waals surface area contributed by atoms with Gasteiger partial charge in [-0.25, -0.2) is 19.1 Å². The maximum Gasteiger partial charge on any atom is 0.307 e. The number of aliphatic carboxylic acids is 1. The molecule has 39 heavy (non-hydrogen) atoms. The summed E-state index contributed by atoms with van der Waals surface area (Å²) in [7, 11) is 0. The standard InChI is InChI=1S/C31H34FNO6/c1-3-4-13-38-39-14-5-12-36-28-11-9-24(19(2)33-28)20-6-10-27(32)22(15-20)18-37-23-7-8-25-21(16-23)17-26-29(25)30(26)31(34)35/h6-11,15-16,26,29-30H,3-5,12-14,17-18H2,1-2H3,(H,34,35)/t26-,29+,30+/m1/s1. The minimum atomic E-state index is -0.715. The van der Waals surface area contributed by atoms with Crippen LogP contribution in [-0.4, -0.2) is 35.9 Å². The first-order valence-electron chi connectivity index (χ1n) is 13.6. The molecule has 3 atom stereocenters. The van der Waals surface area contributed by atoms with Crippen molar-refractivity contribution in [3.05, 3.63) is 76.7 Å². The van der Waals surface area contributed by atoms with Crippen LogP contribution >= 0.6 is 0 Å². The molecule has 7 nitrogen and oxygen atoms in total. The summed E-state index contributed by atoms with van der Waals surface area (Å²) >= 11 is 0. The molecule has 1 fully saturated rings. The Balaban J connectivity index is 1.16. The summed E-state index contributed by atoms with van der Waals surface area (Å²) in [4.78, 5) is 26.1. The molecule has 206 valence electrons. The summed E-state index contributed by atoms with van der Waals surface area (Å²) in [6, 6.07) is 14.5. The van der Waals surface area contributed by atoms with E-state index in [2.05, 4.69) is 11.9 Å². The van der Waals surface area contributed by atoms with Gasteiger partial charge in [0.25, 0.3) is 0 Å². The number of carbonyl (C=O) groups is 1. The third kappa shape index (κ3) is 6.23. The van der Waals surface area contributed by atoms with Crippen LogP contribution in [0.4, 0.5) is 4.39 Å². The Morgan fingerprint density at radius 2 is 1.85 bits per heavy atom. The van der Waals surface area contributed by atoms with Crippen LogP contribution in [0.2, 0.25) is 0 Å². The van der Waals surface area contributed by atoms with E-state index in [1.165, 1.54) is 6.07 Å². The Morgan fingerprint density at radius 3 is 2.62 bits per heavy atom. The molecule has 1 aromatic heterocycles. The first kappa shape index (κ1) is 27.1. The molecule has 8 heteroatoms. The van der Waals surface area contributed by atoms with Gasteiger partial charge in [-0.2, -0.15) is 0 Å². The fourth-order valence-corrected chi connectivity index (χ4v) is 5.37. The van der Waals surface area contributed by atoms with Gasteiger partial charge in [0.05, 0.1) is 25.7 Å². The first-order chi connectivity index (χ1) is 19.0. The molecule has 0 aliphatic heterocycles. The fraction of sp³-hybridized carbons (Fsp3) is 0.419. The Bertz CT molecular complexity index is 1330. The summed E-state index contributed by atoms with van der Waals surface area (Å²) in [5.74, 6) is 0.193. The Morgan fingerprint density at radius 1 is 1.03 bits per heavy atom. The number of fused-ring (bicyclic) bond motifs is 3. The monoisotopic (exact) mass is 535 g/mol. The smallest absolute Gasteiger partial charge is 0.307 e. The predicted octanol–water partition coefficient (Wildman–Crippen LogP) is 6.26. The largest absolute Gasteiger partial charge is 0.489 e. The second-order valence-corrected chi connectivity index (χ2v) is 10.2. The molecule has 1 N–H and O–H groups in total. The number of aromatic nitrogens is 1. The molecule has 0 amide bonds. The minimum absolute atomic E-state index is 0.0843. The highest BCUT2D eigenvalue weighted by molar-refractivity contribution is 5.78. The molecule has 0 spiro atoms. The second kappa shape index (κ2) is 12.1. The minimum Gasteiger partial charge on any atom is -0.489 e. The maximum atomic E-state index is 14.6. The number of aryl methyl sites for hydroxylation is 1. The molecule has 2 aromatic carbocycles. The van der Waals surface area contributed by atoms with Crippen LogP contribution in [-0.2, 0) is 27.6 Å². The van der Waals surface area contributed by atoms with Gasteiger partial charge in [-0.1, -0.05) is 25.5 Å². The van der Waals surface area contributed by atoms with Gasteiger partial charge >= 0.3 is 5.97 Å². The number of hydrogen-bond donors (Lipinski definition) is 1. The Hall–Kier alpha value is -3.49. The number of unbranched alkanes of at least 4 members (excludes halogenated alkanes) is 1. The van der Waals surface area contributed by atoms with E-state index in [0.29, 0.717) is 43.4 Å². The van der Waals surface area contributed by atoms with Crippen molar-refractivity contribution in [2.45, 2.75) is 52.1 Å². The summed E-state index contributed by atoms with van der Waals surface area (Å²) in [6.07, 6.45) is 3.48. The van der Waals surface area contributed by atoms with Gasteiger partial charge in [-0.3, -0.25) is 4.79 Å². The van der Waals surface area contributed by atoms with E-state index in [1.54, 1.807) is 12.1 Å². The van der Waals surface area contributed by atoms with Gasteiger partial charge in [0, 0.05) is 35.2 Å². The van der Waals surface area contributed by atoms with E-state index < -0.39 is 5.97 Å². The highest BCUT2D eigenvalue weighted by Gasteiger charge is 2.59. The molecule has 1 heterocycles. The van der Waals surface area contributed by atoms with E-state index in [4.69, 9.17) is 19.2 Å². The lowest BCUT2D eigenvalue weighted by Crippen LogP contribution is -2.06. The zero-order valence-corrected chi connectivity index (χ0v) is 22.3. The molecule has 0 radical (unpaired) electrons. The molecule has 0 unspecified atom stereocenters. The van der Waals surface area contributed by atoms with E-state index in [0.717, 1.165) is 47.2 Å². The summed E-state index contributed by atoms with van der Waals surface area (Å²) in [5.41, 5.74) is 5.20. The third-order valence-corrected chi connectivity index (χ3v) is 7.48. The normalized spacial score (nSPS) is 18.9. The summed E-state index contributed by atoms with van der Waals surface area (Å²) in [5, 5.41) is 9.31. The Kier molecular flexibility index (Phi) is 8.43. The lowest BCUT2D eigenvalue weighted by molar-refractivity contribution is -0.295. The van der Waals surface area contributed by atoms with Crippen LogP contribution in [0.3, 0.4) is 0 Å². The van der Waals surface area contributed by atoms with Crippen molar-refractivity contribution >= 4 is 5.97 Å². The number of rotatable bonds is 14. The van der Waals surface area contributed by atoms with Crippen molar-refractivity contribution < 1.29 is 33.5 Å². The predicted molar refractivity (Wildman–Crippen MR) is 143 cm³/mol. The van der Waals surface area contributed by atoms with Crippen molar-refractivity contribution in [3.8, 4) is 22.8 Å². The zero-order chi connectivity index (χ0) is 27.4. The fourth-order valence-electron chi connectivity index (χ4n) is 5.37. The molecule has 1 saturated carbocycles. The van der Waals surface area contributed by atoms with Crippen LogP contribution in [0, 0.1) is 24.6 Å². The van der Waals surface area contributed by atoms with Gasteiger partial charge in [-0.05, 0) is 72.7 Å². The van der Waals surface area contributed by atoms with Crippen molar-refractivity contribution in [1.82, 2.24) is 4.98 Å². The SMILES string of the molecule is CCCCOOCCCOc1ccc(-c2ccc(F)c(COc3ccc4c(c3)C[C@H]3[C@H](C(=O)O)[C@@H]43)c2)c(C)n1. The van der Waals surface area contributed by atoms with Crippen molar-refractivity contribution in [2.75, 3.05) is 19.8 Å². The highest BCUT2D eigenvalue weighted by Crippen LogP contribution is 2.61. The van der Waals surface area contributed by atoms with Gasteiger partial charge in [0.2, 0.25) is 5.88 Å². The van der Waals surface area contributed by atoms with Crippen molar-refractivity contribution in [3.63, 3.8) is 0 Å². The quantitative estimate of drug-likeness (QED) is 0.148. The maximum absolute atomic E-state index is 14.6. The second-order valence-electron chi connectivity index (χ2n) is 10.2. The average Bonchev–Trinajstić information content (AvgIpc) is 3.52. The number of halogens is 1. The number of hydrogen-bond acceptors (Lipinski definition) is 6. The summed E-state index contributed by atoms with van der Waals surface area (Å²) < 4.78 is 26.3. The van der Waals surface area contributed by atoms with E-state index in [9.17, 15) is 14.3 Å². The van der Waals surface area contributed by atoms with Gasteiger partial charge in [-0.15, -0.1) is 0 Å². The van der Waals surface area contributed by atoms with E-state index in [1.807, 2.05) is 37.3 Å². The lowest BCUT2D eigenvalue weighted by atomic mass is 10.0. The molecular formula is C31H34FNO6. The number of carboxylic acids is 1. The first-order valence-corrected chi connectivity index (χ1v) is 13.6. The van der Waals surface area contributed by atoms with E-state index in [-0.39, 0.29) is 30.2 Å². The van der Waals surface area contributed by atoms with E-state index >= 15 is 0 Å². The third-order valence-electron chi connectivity index (χ3n) is 7.48. The van der Waals surface area contributed by atoms with Crippen LogP contribution in [0.5, 0.6) is 11.6 Å². The number of carboxylic acid groups (broad SMARTS) is 1.